The Morgan fingerprint density at radius 2 is 1.74 bits per heavy atom. The number of nitrogens with zero attached hydrogens (tertiary/aromatic N) is 1. The maximum absolute atomic E-state index is 10.3. The van der Waals surface area contributed by atoms with Gasteiger partial charge in [0.25, 0.3) is 0 Å². The van der Waals surface area contributed by atoms with E-state index < -0.39 is 0 Å². The smallest absolute Gasteiger partial charge is 0.127 e. The molecule has 3 heteroatoms. The molecule has 3 aromatic rings. The Labute approximate surface area is 135 Å². The van der Waals surface area contributed by atoms with Crippen LogP contribution < -0.4 is 4.74 Å². The summed E-state index contributed by atoms with van der Waals surface area (Å²) in [6.45, 7) is 0. The van der Waals surface area contributed by atoms with E-state index in [0.29, 0.717) is 5.75 Å². The number of phenolic OH excluding ortho intramolecular Hbond substituents is 1. The summed E-state index contributed by atoms with van der Waals surface area (Å²) in [5, 5.41) is 10.3. The highest BCUT2D eigenvalue weighted by Gasteiger charge is 2.08. The molecular weight excluding hydrogens is 286 g/mol. The molecule has 0 aliphatic heterocycles. The summed E-state index contributed by atoms with van der Waals surface area (Å²) in [5.74, 6) is 0.829. The van der Waals surface area contributed by atoms with Crippen molar-refractivity contribution in [3.63, 3.8) is 0 Å². The van der Waals surface area contributed by atoms with Crippen molar-refractivity contribution in [1.29, 1.82) is 0 Å². The van der Waals surface area contributed by atoms with Crippen molar-refractivity contribution in [2.75, 3.05) is 7.11 Å². The van der Waals surface area contributed by atoms with Crippen LogP contribution in [-0.2, 0) is 0 Å². The molecule has 0 amide bonds. The lowest BCUT2D eigenvalue weighted by Crippen LogP contribution is -1.87. The number of methoxy groups -OCH3 is 1. The third-order valence-electron chi connectivity index (χ3n) is 3.58. The van der Waals surface area contributed by atoms with Gasteiger partial charge in [0.05, 0.1) is 12.8 Å². The Hall–Kier alpha value is -3.07. The molecule has 114 valence electrons. The van der Waals surface area contributed by atoms with E-state index in [-0.39, 0.29) is 5.75 Å². The Balaban J connectivity index is 2.00. The van der Waals surface area contributed by atoms with Gasteiger partial charge in [-0.15, -0.1) is 0 Å². The number of rotatable bonds is 4. The fourth-order valence-corrected chi connectivity index (χ4v) is 2.40. The molecule has 0 saturated heterocycles. The molecule has 3 rings (SSSR count). The van der Waals surface area contributed by atoms with Crippen LogP contribution in [-0.4, -0.2) is 17.2 Å². The normalized spacial score (nSPS) is 10.8. The van der Waals surface area contributed by atoms with Gasteiger partial charge in [-0.05, 0) is 41.5 Å². The average Bonchev–Trinajstić information content (AvgIpc) is 2.61. The highest BCUT2D eigenvalue weighted by atomic mass is 16.5. The monoisotopic (exact) mass is 303 g/mol. The SMILES string of the molecule is COc1ccc(-c2ccccc2C=Cc2ccccn2)c(O)c1. The zero-order valence-corrected chi connectivity index (χ0v) is 12.8. The first-order valence-electron chi connectivity index (χ1n) is 7.33. The van der Waals surface area contributed by atoms with Crippen molar-refractivity contribution in [3.05, 3.63) is 78.1 Å². The van der Waals surface area contributed by atoms with Crippen LogP contribution in [0.3, 0.4) is 0 Å². The fraction of sp³-hybridized carbons (Fsp3) is 0.0500. The van der Waals surface area contributed by atoms with Crippen LogP contribution in [0.15, 0.2) is 66.9 Å². The molecule has 1 N–H and O–H groups in total. The first kappa shape index (κ1) is 14.9. The molecular formula is C20H17NO2. The summed E-state index contributed by atoms with van der Waals surface area (Å²) in [5.41, 5.74) is 3.63. The van der Waals surface area contributed by atoms with Gasteiger partial charge in [0.15, 0.2) is 0 Å². The van der Waals surface area contributed by atoms with E-state index >= 15 is 0 Å². The number of benzene rings is 2. The van der Waals surface area contributed by atoms with Crippen LogP contribution in [0.4, 0.5) is 0 Å². The van der Waals surface area contributed by atoms with Gasteiger partial charge in [-0.1, -0.05) is 36.4 Å². The van der Waals surface area contributed by atoms with Gasteiger partial charge in [0, 0.05) is 17.8 Å². The van der Waals surface area contributed by atoms with Crippen LogP contribution in [0.25, 0.3) is 23.3 Å². The molecule has 0 bridgehead atoms. The van der Waals surface area contributed by atoms with E-state index in [1.54, 1.807) is 19.4 Å². The molecule has 0 fully saturated rings. The Morgan fingerprint density at radius 3 is 2.48 bits per heavy atom. The van der Waals surface area contributed by atoms with Gasteiger partial charge >= 0.3 is 0 Å². The number of ether oxygens (including phenoxy) is 1. The average molecular weight is 303 g/mol. The van der Waals surface area contributed by atoms with Crippen molar-refractivity contribution in [3.8, 4) is 22.6 Å². The highest BCUT2D eigenvalue weighted by Crippen LogP contribution is 2.34. The van der Waals surface area contributed by atoms with Gasteiger partial charge < -0.3 is 9.84 Å². The summed E-state index contributed by atoms with van der Waals surface area (Å²) in [4.78, 5) is 4.28. The lowest BCUT2D eigenvalue weighted by atomic mass is 9.98. The maximum atomic E-state index is 10.3. The van der Waals surface area contributed by atoms with Crippen molar-refractivity contribution < 1.29 is 9.84 Å². The second-order valence-electron chi connectivity index (χ2n) is 5.06. The minimum Gasteiger partial charge on any atom is -0.507 e. The van der Waals surface area contributed by atoms with E-state index in [1.165, 1.54) is 0 Å². The minimum atomic E-state index is 0.197. The zero-order valence-electron chi connectivity index (χ0n) is 12.8. The van der Waals surface area contributed by atoms with Gasteiger partial charge in [-0.25, -0.2) is 0 Å². The van der Waals surface area contributed by atoms with Crippen molar-refractivity contribution in [2.24, 2.45) is 0 Å². The van der Waals surface area contributed by atoms with E-state index in [2.05, 4.69) is 4.98 Å². The number of aromatic nitrogens is 1. The highest BCUT2D eigenvalue weighted by molar-refractivity contribution is 5.83. The van der Waals surface area contributed by atoms with Crippen LogP contribution in [0.1, 0.15) is 11.3 Å². The molecule has 0 unspecified atom stereocenters. The van der Waals surface area contributed by atoms with Gasteiger partial charge in [0.1, 0.15) is 11.5 Å². The van der Waals surface area contributed by atoms with E-state index in [0.717, 1.165) is 22.4 Å². The van der Waals surface area contributed by atoms with Gasteiger partial charge in [0.2, 0.25) is 0 Å². The first-order valence-corrected chi connectivity index (χ1v) is 7.33. The third kappa shape index (κ3) is 3.40. The predicted octanol–water partition coefficient (Wildman–Crippen LogP) is 4.63. The van der Waals surface area contributed by atoms with Crippen molar-refractivity contribution in [2.45, 2.75) is 0 Å². The molecule has 23 heavy (non-hydrogen) atoms. The summed E-state index contributed by atoms with van der Waals surface area (Å²) in [6.07, 6.45) is 5.72. The number of hydrogen-bond acceptors (Lipinski definition) is 3. The minimum absolute atomic E-state index is 0.197. The van der Waals surface area contributed by atoms with Crippen LogP contribution in [0.2, 0.25) is 0 Å². The van der Waals surface area contributed by atoms with Crippen LogP contribution in [0, 0.1) is 0 Å². The summed E-state index contributed by atoms with van der Waals surface area (Å²) < 4.78 is 5.14. The molecule has 1 aromatic heterocycles. The van der Waals surface area contributed by atoms with E-state index in [1.807, 2.05) is 66.7 Å². The van der Waals surface area contributed by atoms with Crippen molar-refractivity contribution >= 4 is 12.2 Å². The largest absolute Gasteiger partial charge is 0.507 e. The third-order valence-corrected chi connectivity index (χ3v) is 3.58. The Kier molecular flexibility index (Phi) is 4.39. The molecule has 3 nitrogen and oxygen atoms in total. The van der Waals surface area contributed by atoms with E-state index in [9.17, 15) is 5.11 Å². The van der Waals surface area contributed by atoms with Crippen LogP contribution in [0.5, 0.6) is 11.5 Å². The van der Waals surface area contributed by atoms with Gasteiger partial charge in [-0.2, -0.15) is 0 Å². The zero-order chi connectivity index (χ0) is 16.1. The molecule has 0 aliphatic carbocycles. The predicted molar refractivity (Wildman–Crippen MR) is 93.3 cm³/mol. The maximum Gasteiger partial charge on any atom is 0.127 e. The molecule has 1 heterocycles. The topological polar surface area (TPSA) is 42.4 Å². The summed E-state index contributed by atoms with van der Waals surface area (Å²) >= 11 is 0. The molecule has 2 aromatic carbocycles. The van der Waals surface area contributed by atoms with E-state index in [4.69, 9.17) is 4.74 Å². The second-order valence-corrected chi connectivity index (χ2v) is 5.06. The Morgan fingerprint density at radius 1 is 0.913 bits per heavy atom. The second kappa shape index (κ2) is 6.79. The molecule has 0 saturated carbocycles. The summed E-state index contributed by atoms with van der Waals surface area (Å²) in [7, 11) is 1.58. The summed E-state index contributed by atoms with van der Waals surface area (Å²) in [6, 6.07) is 19.0. The number of phenols is 1. The Bertz CT molecular complexity index is 826. The quantitative estimate of drug-likeness (QED) is 0.764. The lowest BCUT2D eigenvalue weighted by Gasteiger charge is -2.10. The number of pyridine rings is 1. The fourth-order valence-electron chi connectivity index (χ4n) is 2.40. The molecule has 0 atom stereocenters. The first-order chi connectivity index (χ1) is 11.3. The standard InChI is InChI=1S/C20H17NO2/c1-23-17-11-12-19(20(22)14-17)18-8-3-2-6-15(18)9-10-16-7-4-5-13-21-16/h2-14,22H,1H3. The molecule has 0 spiro atoms. The van der Waals surface area contributed by atoms with Gasteiger partial charge in [-0.3, -0.25) is 4.98 Å². The molecule has 0 aliphatic rings. The van der Waals surface area contributed by atoms with Crippen molar-refractivity contribution in [1.82, 2.24) is 4.98 Å². The number of aromatic hydroxyl groups is 1. The number of hydrogen-bond donors (Lipinski definition) is 1. The molecule has 0 radical (unpaired) electrons. The lowest BCUT2D eigenvalue weighted by molar-refractivity contribution is 0.408. The van der Waals surface area contributed by atoms with Crippen LogP contribution >= 0.6 is 0 Å².